The van der Waals surface area contributed by atoms with Crippen LogP contribution in [0.1, 0.15) is 5.69 Å². The van der Waals surface area contributed by atoms with Crippen molar-refractivity contribution in [2.75, 3.05) is 7.11 Å². The zero-order chi connectivity index (χ0) is 12.5. The molecule has 3 aromatic heterocycles. The first-order chi connectivity index (χ1) is 8.78. The summed E-state index contributed by atoms with van der Waals surface area (Å²) in [6.45, 7) is 1.96. The van der Waals surface area contributed by atoms with Crippen LogP contribution in [0, 0.1) is 6.92 Å². The summed E-state index contributed by atoms with van der Waals surface area (Å²) in [5.41, 5.74) is 2.63. The lowest BCUT2D eigenvalue weighted by Crippen LogP contribution is -2.01. The average Bonchev–Trinajstić information content (AvgIpc) is 2.87. The highest BCUT2D eigenvalue weighted by Crippen LogP contribution is 2.17. The van der Waals surface area contributed by atoms with Gasteiger partial charge in [0, 0.05) is 12.3 Å². The van der Waals surface area contributed by atoms with Gasteiger partial charge in [0.15, 0.2) is 5.82 Å². The molecule has 0 atom stereocenters. The molecule has 0 amide bonds. The highest BCUT2D eigenvalue weighted by Gasteiger charge is 2.08. The molecule has 0 N–H and O–H groups in total. The van der Waals surface area contributed by atoms with E-state index in [-0.39, 0.29) is 0 Å². The third kappa shape index (κ3) is 1.69. The molecule has 0 unspecified atom stereocenters. The fourth-order valence-electron chi connectivity index (χ4n) is 1.85. The Morgan fingerprint density at radius 3 is 2.83 bits per heavy atom. The fraction of sp³-hybridized carbons (Fsp3) is 0.154. The van der Waals surface area contributed by atoms with E-state index in [0.717, 1.165) is 11.2 Å². The van der Waals surface area contributed by atoms with Crippen LogP contribution in [0.25, 0.3) is 17.0 Å². The van der Waals surface area contributed by atoms with Crippen molar-refractivity contribution >= 4 is 5.52 Å². The van der Waals surface area contributed by atoms with E-state index in [9.17, 15) is 0 Å². The van der Waals surface area contributed by atoms with Crippen molar-refractivity contribution in [1.82, 2.24) is 19.6 Å². The molecule has 0 aliphatic rings. The van der Waals surface area contributed by atoms with Crippen LogP contribution in [0.15, 0.2) is 36.5 Å². The summed E-state index contributed by atoms with van der Waals surface area (Å²) < 4.78 is 6.91. The lowest BCUT2D eigenvalue weighted by molar-refractivity contribution is 0.398. The third-order valence-corrected chi connectivity index (χ3v) is 2.74. The molecule has 0 bridgehead atoms. The van der Waals surface area contributed by atoms with Crippen LogP contribution in [-0.4, -0.2) is 26.7 Å². The number of rotatable bonds is 2. The van der Waals surface area contributed by atoms with Crippen molar-refractivity contribution < 1.29 is 4.74 Å². The molecular formula is C13H12N4O. The molecule has 0 aliphatic carbocycles. The van der Waals surface area contributed by atoms with Gasteiger partial charge in [-0.15, -0.1) is 5.10 Å². The quantitative estimate of drug-likeness (QED) is 0.688. The van der Waals surface area contributed by atoms with Crippen LogP contribution in [0.5, 0.6) is 5.88 Å². The van der Waals surface area contributed by atoms with Crippen molar-refractivity contribution in [2.45, 2.75) is 6.92 Å². The van der Waals surface area contributed by atoms with Crippen molar-refractivity contribution in [2.24, 2.45) is 0 Å². The molecule has 3 rings (SSSR count). The zero-order valence-electron chi connectivity index (χ0n) is 10.2. The largest absolute Gasteiger partial charge is 0.481 e. The number of fused-ring (bicyclic) bond motifs is 1. The Morgan fingerprint density at radius 2 is 2.00 bits per heavy atom. The molecule has 0 saturated heterocycles. The zero-order valence-corrected chi connectivity index (χ0v) is 10.2. The topological polar surface area (TPSA) is 52.3 Å². The maximum Gasteiger partial charge on any atom is 0.213 e. The molecule has 0 saturated carbocycles. The highest BCUT2D eigenvalue weighted by atomic mass is 16.5. The van der Waals surface area contributed by atoms with E-state index in [1.54, 1.807) is 17.7 Å². The summed E-state index contributed by atoms with van der Waals surface area (Å²) in [6.07, 6.45) is 1.90. The molecule has 0 radical (unpaired) electrons. The summed E-state index contributed by atoms with van der Waals surface area (Å²) in [6, 6.07) is 9.47. The van der Waals surface area contributed by atoms with Gasteiger partial charge in [0.25, 0.3) is 0 Å². The molecule has 0 aliphatic heterocycles. The van der Waals surface area contributed by atoms with Gasteiger partial charge in [-0.2, -0.15) is 0 Å². The van der Waals surface area contributed by atoms with Crippen LogP contribution in [0.2, 0.25) is 0 Å². The molecule has 5 nitrogen and oxygen atoms in total. The summed E-state index contributed by atoms with van der Waals surface area (Å²) in [4.78, 5) is 8.80. The van der Waals surface area contributed by atoms with Gasteiger partial charge in [-0.05, 0) is 25.1 Å². The van der Waals surface area contributed by atoms with E-state index in [0.29, 0.717) is 17.4 Å². The molecule has 0 spiro atoms. The Bertz CT molecular complexity index is 705. The Balaban J connectivity index is 2.18. The summed E-state index contributed by atoms with van der Waals surface area (Å²) >= 11 is 0. The first-order valence-corrected chi connectivity index (χ1v) is 5.61. The number of aryl methyl sites for hydroxylation is 1. The lowest BCUT2D eigenvalue weighted by Gasteiger charge is -2.05. The Kier molecular flexibility index (Phi) is 2.44. The van der Waals surface area contributed by atoms with Gasteiger partial charge < -0.3 is 4.74 Å². The van der Waals surface area contributed by atoms with Crippen LogP contribution >= 0.6 is 0 Å². The van der Waals surface area contributed by atoms with E-state index in [1.807, 2.05) is 37.4 Å². The minimum atomic E-state index is 0.557. The molecule has 18 heavy (non-hydrogen) atoms. The number of ether oxygens (including phenoxy) is 1. The van der Waals surface area contributed by atoms with E-state index in [1.165, 1.54) is 0 Å². The normalized spacial score (nSPS) is 10.8. The number of nitrogens with zero attached hydrogens (tertiary/aromatic N) is 4. The standard InChI is InChI=1S/C13H12N4O/c1-9-11-6-4-8-17(11)16-13(14-9)10-5-3-7-12(15-10)18-2/h3-8H,1-2H3. The molecule has 3 heterocycles. The second kappa shape index (κ2) is 4.10. The molecule has 0 aromatic carbocycles. The number of hydrogen-bond donors (Lipinski definition) is 0. The van der Waals surface area contributed by atoms with Gasteiger partial charge in [0.1, 0.15) is 5.69 Å². The van der Waals surface area contributed by atoms with Crippen molar-refractivity contribution in [3.8, 4) is 17.4 Å². The summed E-state index contributed by atoms with van der Waals surface area (Å²) in [7, 11) is 1.59. The van der Waals surface area contributed by atoms with E-state index in [2.05, 4.69) is 15.1 Å². The Labute approximate surface area is 104 Å². The van der Waals surface area contributed by atoms with Crippen molar-refractivity contribution in [3.63, 3.8) is 0 Å². The number of hydrogen-bond acceptors (Lipinski definition) is 4. The lowest BCUT2D eigenvalue weighted by atomic mass is 10.3. The van der Waals surface area contributed by atoms with Crippen LogP contribution < -0.4 is 4.74 Å². The predicted octanol–water partition coefficient (Wildman–Crippen LogP) is 2.11. The Morgan fingerprint density at radius 1 is 1.11 bits per heavy atom. The molecule has 3 aromatic rings. The average molecular weight is 240 g/mol. The molecular weight excluding hydrogens is 228 g/mol. The fourth-order valence-corrected chi connectivity index (χ4v) is 1.85. The minimum absolute atomic E-state index is 0.557. The van der Waals surface area contributed by atoms with Gasteiger partial charge >= 0.3 is 0 Å². The monoisotopic (exact) mass is 240 g/mol. The van der Waals surface area contributed by atoms with Gasteiger partial charge in [0.2, 0.25) is 5.88 Å². The van der Waals surface area contributed by atoms with Crippen LogP contribution in [0.4, 0.5) is 0 Å². The smallest absolute Gasteiger partial charge is 0.213 e. The van der Waals surface area contributed by atoms with Gasteiger partial charge in [0.05, 0.1) is 18.3 Å². The second-order valence-corrected chi connectivity index (χ2v) is 3.92. The predicted molar refractivity (Wildman–Crippen MR) is 67.5 cm³/mol. The van der Waals surface area contributed by atoms with Crippen molar-refractivity contribution in [1.29, 1.82) is 0 Å². The summed E-state index contributed by atoms with van der Waals surface area (Å²) in [5.74, 6) is 1.15. The SMILES string of the molecule is COc1cccc(-c2nc(C)c3cccn3n2)n1. The molecule has 90 valence electrons. The maximum atomic E-state index is 5.11. The minimum Gasteiger partial charge on any atom is -0.481 e. The maximum absolute atomic E-state index is 5.11. The Hall–Kier alpha value is -2.43. The van der Waals surface area contributed by atoms with Crippen LogP contribution in [0.3, 0.4) is 0 Å². The molecule has 5 heteroatoms. The molecule has 0 fully saturated rings. The summed E-state index contributed by atoms with van der Waals surface area (Å²) in [5, 5.41) is 4.43. The van der Waals surface area contributed by atoms with E-state index >= 15 is 0 Å². The van der Waals surface area contributed by atoms with E-state index in [4.69, 9.17) is 4.74 Å². The second-order valence-electron chi connectivity index (χ2n) is 3.92. The number of aromatic nitrogens is 4. The van der Waals surface area contributed by atoms with Gasteiger partial charge in [-0.25, -0.2) is 14.5 Å². The number of methoxy groups -OCH3 is 1. The highest BCUT2D eigenvalue weighted by molar-refractivity contribution is 5.56. The van der Waals surface area contributed by atoms with E-state index < -0.39 is 0 Å². The first-order valence-electron chi connectivity index (χ1n) is 5.61. The van der Waals surface area contributed by atoms with Crippen molar-refractivity contribution in [3.05, 3.63) is 42.2 Å². The van der Waals surface area contributed by atoms with Crippen LogP contribution in [-0.2, 0) is 0 Å². The third-order valence-electron chi connectivity index (χ3n) is 2.74. The number of pyridine rings is 1. The van der Waals surface area contributed by atoms with Gasteiger partial charge in [-0.3, -0.25) is 0 Å². The first kappa shape index (κ1) is 10.7. The van der Waals surface area contributed by atoms with Gasteiger partial charge in [-0.1, -0.05) is 6.07 Å².